The predicted octanol–water partition coefficient (Wildman–Crippen LogP) is 4.06. The van der Waals surface area contributed by atoms with E-state index in [1.165, 1.54) is 21.1 Å². The quantitative estimate of drug-likeness (QED) is 0.184. The number of aliphatic hydroxyl groups is 4. The van der Waals surface area contributed by atoms with E-state index in [0.29, 0.717) is 32.5 Å². The molecule has 398 valence electrons. The Balaban J connectivity index is 1.25. The number of carbonyl (C=O) groups excluding carboxylic acids is 2. The number of benzene rings is 1. The molecule has 0 saturated carbocycles. The molecule has 1 aromatic carbocycles. The molecule has 20 nitrogen and oxygen atoms in total. The number of methoxy groups -OCH3 is 2. The molecule has 0 spiro atoms. The van der Waals surface area contributed by atoms with Gasteiger partial charge in [-0.15, -0.1) is 10.2 Å². The SMILES string of the molecule is CC[C@H]1OC(=O)[C@H](C)[C@@H](O[C@H]2C[C@@](C)(OC)[C@@H](O)[C@H](C)O2)[C@H](C)[C@@H](O[C@@H]2O[C@H](C)C[C@H](N(C)CCc3cn(CCc4ccc(C5=NN=NC5)cc4)nn3)[C@H]2O)[C@](C)(OC)C[C@@H](C)C(=O)[C@H](C)[C@@H](O)[C@]1(C)O. The largest absolute Gasteiger partial charge is 0.459 e. The lowest BCUT2D eigenvalue weighted by atomic mass is 9.74. The number of aliphatic hydroxyl groups excluding tert-OH is 3. The molecule has 4 N–H and O–H groups in total. The van der Waals surface area contributed by atoms with Crippen molar-refractivity contribution in [1.29, 1.82) is 0 Å². The van der Waals surface area contributed by atoms with Crippen LogP contribution < -0.4 is 0 Å². The normalized spacial score (nSPS) is 39.9. The number of hydrogen-bond acceptors (Lipinski definition) is 19. The maximum atomic E-state index is 14.5. The Kier molecular flexibility index (Phi) is 18.9. The van der Waals surface area contributed by atoms with Crippen molar-refractivity contribution in [2.24, 2.45) is 39.1 Å². The lowest BCUT2D eigenvalue weighted by Gasteiger charge is -2.50. The first-order chi connectivity index (χ1) is 33.5. The lowest BCUT2D eigenvalue weighted by molar-refractivity contribution is -0.319. The number of Topliss-reactive ketones (excluding diaryl/α,β-unsaturated/α-hetero) is 1. The van der Waals surface area contributed by atoms with Gasteiger partial charge in [-0.1, -0.05) is 57.2 Å². The zero-order chi connectivity index (χ0) is 52.2. The van der Waals surface area contributed by atoms with Crippen molar-refractivity contribution in [3.05, 3.63) is 47.3 Å². The molecule has 5 heterocycles. The summed E-state index contributed by atoms with van der Waals surface area (Å²) < 4.78 is 46.6. The minimum absolute atomic E-state index is 0.0722. The zero-order valence-corrected chi connectivity index (χ0v) is 44.0. The Hall–Kier alpha value is -3.67. The van der Waals surface area contributed by atoms with Crippen molar-refractivity contribution >= 4 is 17.5 Å². The third-order valence-electron chi connectivity index (χ3n) is 15.8. The summed E-state index contributed by atoms with van der Waals surface area (Å²) in [5.41, 5.74) is -0.568. The third-order valence-corrected chi connectivity index (χ3v) is 15.8. The van der Waals surface area contributed by atoms with Crippen LogP contribution in [0, 0.1) is 23.7 Å². The van der Waals surface area contributed by atoms with Crippen molar-refractivity contribution < 1.29 is 63.2 Å². The standard InChI is InChI=1S/C51H81N7O13/c1-14-39-51(10,64)44(61)30(4)41(59)28(2)24-50(9,66-13)46(31(5)43(32(6)47(63)69-39)70-40-25-49(8,65-12)45(62)33(7)68-40)71-48-42(60)38(23-29(3)67-48)57(11)21-20-36-27-58(56-53-36)22-19-34-15-17-35(18-16-34)37-26-52-55-54-37/h15-18,27-33,38-40,42-46,48,60-62,64H,14,19-26H2,1-13H3/t28-,29-,30+,31+,32-,33+,38+,39-,40+,42-,43+,44-,45+,46-,48+,49-,50-,51-/m1/s1. The minimum Gasteiger partial charge on any atom is -0.459 e. The van der Waals surface area contributed by atoms with Crippen LogP contribution in [0.15, 0.2) is 45.9 Å². The number of aryl methyl sites for hydroxylation is 2. The van der Waals surface area contributed by atoms with E-state index in [1.807, 2.05) is 43.9 Å². The maximum Gasteiger partial charge on any atom is 0.311 e. The van der Waals surface area contributed by atoms with Crippen LogP contribution in [0.4, 0.5) is 0 Å². The van der Waals surface area contributed by atoms with Gasteiger partial charge in [-0.3, -0.25) is 14.3 Å². The van der Waals surface area contributed by atoms with Crippen LogP contribution in [-0.4, -0.2) is 176 Å². The second-order valence-electron chi connectivity index (χ2n) is 21.3. The fourth-order valence-corrected chi connectivity index (χ4v) is 11.0. The molecule has 1 aromatic heterocycles. The van der Waals surface area contributed by atoms with Gasteiger partial charge >= 0.3 is 5.97 Å². The summed E-state index contributed by atoms with van der Waals surface area (Å²) in [4.78, 5) is 30.8. The Morgan fingerprint density at radius 3 is 2.21 bits per heavy atom. The number of ether oxygens (including phenoxy) is 7. The first-order valence-corrected chi connectivity index (χ1v) is 25.3. The molecule has 4 aliphatic rings. The molecule has 18 atom stereocenters. The van der Waals surface area contributed by atoms with Crippen molar-refractivity contribution in [2.75, 3.05) is 34.4 Å². The number of rotatable bonds is 15. The van der Waals surface area contributed by atoms with Crippen LogP contribution in [0.1, 0.15) is 112 Å². The van der Waals surface area contributed by atoms with Gasteiger partial charge < -0.3 is 58.5 Å². The van der Waals surface area contributed by atoms with Gasteiger partial charge in [-0.25, -0.2) is 0 Å². The van der Waals surface area contributed by atoms with E-state index in [-0.39, 0.29) is 31.1 Å². The Bertz CT molecular complexity index is 2140. The molecule has 0 radical (unpaired) electrons. The molecule has 0 bridgehead atoms. The van der Waals surface area contributed by atoms with Crippen LogP contribution in [0.3, 0.4) is 0 Å². The van der Waals surface area contributed by atoms with Crippen LogP contribution >= 0.6 is 0 Å². The zero-order valence-electron chi connectivity index (χ0n) is 44.0. The number of nitrogens with zero attached hydrogens (tertiary/aromatic N) is 7. The molecule has 0 amide bonds. The van der Waals surface area contributed by atoms with Gasteiger partial charge in [-0.05, 0) is 90.6 Å². The molecule has 3 saturated heterocycles. The maximum absolute atomic E-state index is 14.5. The predicted molar refractivity (Wildman–Crippen MR) is 260 cm³/mol. The molecule has 6 rings (SSSR count). The van der Waals surface area contributed by atoms with Crippen molar-refractivity contribution in [1.82, 2.24) is 19.9 Å². The van der Waals surface area contributed by atoms with Gasteiger partial charge in [-0.2, -0.15) is 5.11 Å². The Morgan fingerprint density at radius 2 is 1.58 bits per heavy atom. The number of likely N-dealkylation sites (N-methyl/N-ethyl adjacent to an activating group) is 1. The molecule has 2 aromatic rings. The van der Waals surface area contributed by atoms with Gasteiger partial charge in [0.15, 0.2) is 12.6 Å². The van der Waals surface area contributed by atoms with E-state index in [1.54, 1.807) is 48.5 Å². The second-order valence-corrected chi connectivity index (χ2v) is 21.3. The van der Waals surface area contributed by atoms with Gasteiger partial charge in [0.1, 0.15) is 36.2 Å². The van der Waals surface area contributed by atoms with E-state index in [9.17, 15) is 30.0 Å². The summed E-state index contributed by atoms with van der Waals surface area (Å²) in [7, 11) is 4.95. The third kappa shape index (κ3) is 12.8. The van der Waals surface area contributed by atoms with Crippen molar-refractivity contribution in [3.8, 4) is 0 Å². The molecule has 3 fully saturated rings. The summed E-state index contributed by atoms with van der Waals surface area (Å²) in [5.74, 6) is -4.70. The number of carbonyl (C=O) groups is 2. The van der Waals surface area contributed by atoms with E-state index in [0.717, 1.165) is 29.0 Å². The van der Waals surface area contributed by atoms with E-state index in [2.05, 4.69) is 42.8 Å². The highest BCUT2D eigenvalue weighted by Gasteiger charge is 2.54. The van der Waals surface area contributed by atoms with Crippen LogP contribution in [-0.2, 0) is 62.1 Å². The first-order valence-electron chi connectivity index (χ1n) is 25.3. The number of aromatic nitrogens is 3. The smallest absolute Gasteiger partial charge is 0.311 e. The van der Waals surface area contributed by atoms with E-state index < -0.39 is 108 Å². The van der Waals surface area contributed by atoms with Gasteiger partial charge in [0.05, 0.1) is 59.0 Å². The number of ketones is 1. The average Bonchev–Trinajstić information content (AvgIpc) is 4.07. The topological polar surface area (TPSA) is 251 Å². The summed E-state index contributed by atoms with van der Waals surface area (Å²) in [6.07, 6.45) is -6.22. The number of esters is 1. The van der Waals surface area contributed by atoms with Gasteiger partial charge in [0.25, 0.3) is 0 Å². The van der Waals surface area contributed by atoms with Crippen LogP contribution in [0.25, 0.3) is 0 Å². The molecule has 71 heavy (non-hydrogen) atoms. The molecular weight excluding hydrogens is 919 g/mol. The summed E-state index contributed by atoms with van der Waals surface area (Å²) in [5, 5.41) is 67.3. The number of cyclic esters (lactones) is 1. The highest BCUT2D eigenvalue weighted by Crippen LogP contribution is 2.42. The summed E-state index contributed by atoms with van der Waals surface area (Å²) >= 11 is 0. The summed E-state index contributed by atoms with van der Waals surface area (Å²) in [6, 6.07) is 7.79. The molecule has 20 heteroatoms. The minimum atomic E-state index is -2.00. The van der Waals surface area contributed by atoms with Crippen molar-refractivity contribution in [3.63, 3.8) is 0 Å². The highest BCUT2D eigenvalue weighted by molar-refractivity contribution is 6.02. The molecule has 0 aliphatic carbocycles. The monoisotopic (exact) mass is 1000 g/mol. The Labute approximate surface area is 418 Å². The molecular formula is C51H81N7O13. The summed E-state index contributed by atoms with van der Waals surface area (Å²) in [6.45, 7) is 18.8. The van der Waals surface area contributed by atoms with Crippen LogP contribution in [0.2, 0.25) is 0 Å². The lowest BCUT2D eigenvalue weighted by Crippen LogP contribution is -2.61. The molecule has 0 unspecified atom stereocenters. The fourth-order valence-electron chi connectivity index (χ4n) is 11.0. The van der Waals surface area contributed by atoms with Crippen LogP contribution in [0.5, 0.6) is 0 Å². The fraction of sp³-hybridized carbons (Fsp3) is 0.784. The molecule has 4 aliphatic heterocycles. The second kappa shape index (κ2) is 23.7. The van der Waals surface area contributed by atoms with E-state index in [4.69, 9.17) is 33.2 Å². The highest BCUT2D eigenvalue weighted by atomic mass is 16.7. The van der Waals surface area contributed by atoms with Gasteiger partial charge in [0.2, 0.25) is 0 Å². The van der Waals surface area contributed by atoms with Gasteiger partial charge in [0, 0.05) is 70.1 Å². The van der Waals surface area contributed by atoms with Crippen molar-refractivity contribution in [2.45, 2.75) is 199 Å². The number of hydrogen-bond donors (Lipinski definition) is 4. The first kappa shape index (κ1) is 56.6. The van der Waals surface area contributed by atoms with E-state index >= 15 is 0 Å². The average molecular weight is 1000 g/mol. The Morgan fingerprint density at radius 1 is 0.887 bits per heavy atom.